The molecule has 0 saturated carbocycles. The van der Waals surface area contributed by atoms with Gasteiger partial charge in [-0.3, -0.25) is 5.32 Å². The average Bonchev–Trinajstić information content (AvgIpc) is 3.15. The number of likely N-dealkylation sites (tertiary alicyclic amines) is 1. The van der Waals surface area contributed by atoms with Gasteiger partial charge in [-0.1, -0.05) is 12.1 Å². The molecule has 1 aromatic heterocycles. The molecule has 0 spiro atoms. The molecule has 1 saturated heterocycles. The highest BCUT2D eigenvalue weighted by Gasteiger charge is 2.28. The van der Waals surface area contributed by atoms with Gasteiger partial charge in [-0.05, 0) is 32.9 Å². The molecule has 0 bridgehead atoms. The highest BCUT2D eigenvalue weighted by Crippen LogP contribution is 2.29. The molecule has 7 nitrogen and oxygen atoms in total. The maximum absolute atomic E-state index is 12.3. The number of anilines is 1. The van der Waals surface area contributed by atoms with Crippen molar-refractivity contribution in [1.82, 2.24) is 9.88 Å². The van der Waals surface area contributed by atoms with Crippen molar-refractivity contribution in [2.45, 2.75) is 45.3 Å². The van der Waals surface area contributed by atoms with E-state index in [0.717, 1.165) is 10.6 Å². The molecule has 1 aliphatic heterocycles. The van der Waals surface area contributed by atoms with E-state index in [1.54, 1.807) is 11.1 Å². The van der Waals surface area contributed by atoms with E-state index < -0.39 is 11.7 Å². The van der Waals surface area contributed by atoms with Crippen molar-refractivity contribution >= 4 is 29.2 Å². The molecule has 1 aromatic carbocycles. The number of carbonyl (C=O) groups is 2. The Morgan fingerprint density at radius 2 is 1.93 bits per heavy atom. The van der Waals surface area contributed by atoms with Crippen molar-refractivity contribution in [2.75, 3.05) is 18.4 Å². The van der Waals surface area contributed by atoms with Crippen LogP contribution in [0.3, 0.4) is 0 Å². The van der Waals surface area contributed by atoms with Crippen LogP contribution in [0.1, 0.15) is 33.6 Å². The van der Waals surface area contributed by atoms with E-state index in [0.29, 0.717) is 31.6 Å². The van der Waals surface area contributed by atoms with Gasteiger partial charge in [0, 0.05) is 43.1 Å². The Bertz CT molecular complexity index is 809. The van der Waals surface area contributed by atoms with Crippen LogP contribution >= 0.6 is 11.3 Å². The van der Waals surface area contributed by atoms with Crippen molar-refractivity contribution in [3.8, 4) is 10.6 Å². The summed E-state index contributed by atoms with van der Waals surface area (Å²) in [4.78, 5) is 30.4. The fraction of sp³-hybridized carbons (Fsp3) is 0.450. The van der Waals surface area contributed by atoms with Crippen LogP contribution < -0.4 is 5.32 Å². The van der Waals surface area contributed by atoms with E-state index in [2.05, 4.69) is 10.3 Å². The molecule has 0 radical (unpaired) electrons. The maximum atomic E-state index is 12.3. The van der Waals surface area contributed by atoms with E-state index in [-0.39, 0.29) is 12.2 Å². The normalized spacial score (nSPS) is 15.2. The predicted octanol–water partition coefficient (Wildman–Crippen LogP) is 4.76. The molecule has 1 N–H and O–H groups in total. The minimum absolute atomic E-state index is 0.231. The van der Waals surface area contributed by atoms with Crippen LogP contribution in [0.25, 0.3) is 10.6 Å². The lowest BCUT2D eigenvalue weighted by Crippen LogP contribution is -2.44. The van der Waals surface area contributed by atoms with Gasteiger partial charge in [0.1, 0.15) is 16.7 Å². The second-order valence-electron chi connectivity index (χ2n) is 7.58. The summed E-state index contributed by atoms with van der Waals surface area (Å²) in [5.41, 5.74) is 0.998. The van der Waals surface area contributed by atoms with Crippen molar-refractivity contribution in [3.63, 3.8) is 0 Å². The fourth-order valence-corrected chi connectivity index (χ4v) is 3.59. The summed E-state index contributed by atoms with van der Waals surface area (Å²) in [5, 5.41) is 5.54. The lowest BCUT2D eigenvalue weighted by molar-refractivity contribution is 0.00794. The third-order valence-corrected chi connectivity index (χ3v) is 5.00. The van der Waals surface area contributed by atoms with Gasteiger partial charge in [0.15, 0.2) is 0 Å². The smallest absolute Gasteiger partial charge is 0.411 e. The quantitative estimate of drug-likeness (QED) is 0.799. The number of piperidine rings is 1. The first-order chi connectivity index (χ1) is 13.3. The lowest BCUT2D eigenvalue weighted by Gasteiger charge is -2.33. The molecule has 2 heterocycles. The molecule has 0 unspecified atom stereocenters. The Morgan fingerprint density at radius 3 is 2.57 bits per heavy atom. The van der Waals surface area contributed by atoms with E-state index in [1.807, 2.05) is 50.4 Å². The molecular formula is C20H25N3O4S. The number of hydrogen-bond donors (Lipinski definition) is 1. The van der Waals surface area contributed by atoms with Crippen LogP contribution in [0.5, 0.6) is 0 Å². The first-order valence-corrected chi connectivity index (χ1v) is 10.1. The molecule has 150 valence electrons. The number of benzene rings is 1. The molecule has 1 aliphatic rings. The summed E-state index contributed by atoms with van der Waals surface area (Å²) >= 11 is 1.51. The molecule has 2 amide bonds. The Labute approximate surface area is 168 Å². The van der Waals surface area contributed by atoms with Crippen molar-refractivity contribution < 1.29 is 19.1 Å². The molecule has 8 heteroatoms. The summed E-state index contributed by atoms with van der Waals surface area (Å²) in [6, 6.07) is 7.49. The van der Waals surface area contributed by atoms with E-state index in [9.17, 15) is 9.59 Å². The van der Waals surface area contributed by atoms with Gasteiger partial charge >= 0.3 is 12.2 Å². The second kappa shape index (κ2) is 8.60. The highest BCUT2D eigenvalue weighted by atomic mass is 32.1. The topological polar surface area (TPSA) is 80.8 Å². The van der Waals surface area contributed by atoms with E-state index in [1.165, 1.54) is 11.3 Å². The van der Waals surface area contributed by atoms with Gasteiger partial charge in [0.05, 0.1) is 5.69 Å². The van der Waals surface area contributed by atoms with Gasteiger partial charge in [-0.25, -0.2) is 14.6 Å². The van der Waals surface area contributed by atoms with Crippen molar-refractivity contribution in [2.24, 2.45) is 0 Å². The third-order valence-electron chi connectivity index (χ3n) is 4.19. The SMILES string of the molecule is CC(C)(C)OC(=O)N1CCC(OC(=O)Nc2ccccc2-c2nccs2)CC1. The summed E-state index contributed by atoms with van der Waals surface area (Å²) < 4.78 is 10.9. The minimum Gasteiger partial charge on any atom is -0.446 e. The Kier molecular flexibility index (Phi) is 6.18. The molecule has 0 atom stereocenters. The second-order valence-corrected chi connectivity index (χ2v) is 8.47. The monoisotopic (exact) mass is 403 g/mol. The first-order valence-electron chi connectivity index (χ1n) is 9.26. The number of rotatable bonds is 3. The van der Waals surface area contributed by atoms with Gasteiger partial charge in [0.2, 0.25) is 0 Å². The molecule has 3 rings (SSSR count). The van der Waals surface area contributed by atoms with Gasteiger partial charge in [-0.15, -0.1) is 11.3 Å². The standard InChI is InChI=1S/C20H25N3O4S/c1-20(2,3)27-19(25)23-11-8-14(9-12-23)26-18(24)22-16-7-5-4-6-15(16)17-21-10-13-28-17/h4-7,10,13-14H,8-9,11-12H2,1-3H3,(H,22,24). The number of aromatic nitrogens is 1. The Balaban J connectivity index is 1.52. The largest absolute Gasteiger partial charge is 0.446 e. The van der Waals surface area contributed by atoms with Crippen LogP contribution in [0, 0.1) is 0 Å². The number of hydrogen-bond acceptors (Lipinski definition) is 6. The van der Waals surface area contributed by atoms with Gasteiger partial charge in [0.25, 0.3) is 0 Å². The number of carbonyl (C=O) groups excluding carboxylic acids is 2. The highest BCUT2D eigenvalue weighted by molar-refractivity contribution is 7.13. The van der Waals surface area contributed by atoms with Crippen LogP contribution in [-0.4, -0.2) is 46.9 Å². The number of amides is 2. The van der Waals surface area contributed by atoms with E-state index >= 15 is 0 Å². The number of nitrogens with one attached hydrogen (secondary N) is 1. The third kappa shape index (κ3) is 5.45. The van der Waals surface area contributed by atoms with Crippen molar-refractivity contribution in [1.29, 1.82) is 0 Å². The van der Waals surface area contributed by atoms with Crippen LogP contribution in [0.2, 0.25) is 0 Å². The summed E-state index contributed by atoms with van der Waals surface area (Å²) in [6.07, 6.45) is 1.84. The van der Waals surface area contributed by atoms with E-state index in [4.69, 9.17) is 9.47 Å². The number of para-hydroxylation sites is 1. The Morgan fingerprint density at radius 1 is 1.21 bits per heavy atom. The zero-order valence-electron chi connectivity index (χ0n) is 16.3. The summed E-state index contributed by atoms with van der Waals surface area (Å²) in [6.45, 7) is 6.53. The number of nitrogens with zero attached hydrogens (tertiary/aromatic N) is 2. The molecule has 1 fully saturated rings. The van der Waals surface area contributed by atoms with Gasteiger partial charge in [-0.2, -0.15) is 0 Å². The number of thiazole rings is 1. The molecular weight excluding hydrogens is 378 g/mol. The first kappa shape index (κ1) is 20.1. The van der Waals surface area contributed by atoms with Crippen LogP contribution in [0.15, 0.2) is 35.8 Å². The predicted molar refractivity (Wildman–Crippen MR) is 108 cm³/mol. The maximum Gasteiger partial charge on any atom is 0.411 e. The van der Waals surface area contributed by atoms with Crippen LogP contribution in [0.4, 0.5) is 15.3 Å². The molecule has 0 aliphatic carbocycles. The van der Waals surface area contributed by atoms with Gasteiger partial charge < -0.3 is 14.4 Å². The summed E-state index contributed by atoms with van der Waals surface area (Å²) in [7, 11) is 0. The van der Waals surface area contributed by atoms with Crippen LogP contribution in [-0.2, 0) is 9.47 Å². The molecule has 2 aromatic rings. The molecule has 28 heavy (non-hydrogen) atoms. The zero-order valence-corrected chi connectivity index (χ0v) is 17.1. The average molecular weight is 404 g/mol. The minimum atomic E-state index is -0.519. The number of ether oxygens (including phenoxy) is 2. The summed E-state index contributed by atoms with van der Waals surface area (Å²) in [5.74, 6) is 0. The fourth-order valence-electron chi connectivity index (χ4n) is 2.91. The Hall–Kier alpha value is -2.61. The van der Waals surface area contributed by atoms with Crippen molar-refractivity contribution in [3.05, 3.63) is 35.8 Å². The lowest BCUT2D eigenvalue weighted by atomic mass is 10.1. The zero-order chi connectivity index (χ0) is 20.1.